The number of hydrogen-bond acceptors (Lipinski definition) is 3. The van der Waals surface area contributed by atoms with E-state index < -0.39 is 0 Å². The molecule has 0 amide bonds. The van der Waals surface area contributed by atoms with E-state index in [1.807, 2.05) is 26.2 Å². The summed E-state index contributed by atoms with van der Waals surface area (Å²) in [6.07, 6.45) is 7.38. The van der Waals surface area contributed by atoms with Crippen LogP contribution in [0.2, 0.25) is 0 Å². The standard InChI is InChI=1S/C16H19N3O/c1-3-14-13(10-19(2)18-14)16(20)12-8-4-6-11-7-5-9-17-15(11)12/h5,7,9-10,12H,3-4,6,8H2,1-2H3. The third kappa shape index (κ3) is 2.15. The second kappa shape index (κ2) is 5.19. The Bertz CT molecular complexity index is 645. The van der Waals surface area contributed by atoms with E-state index in [0.29, 0.717) is 0 Å². The van der Waals surface area contributed by atoms with Crippen LogP contribution >= 0.6 is 0 Å². The zero-order chi connectivity index (χ0) is 14.1. The monoisotopic (exact) mass is 269 g/mol. The summed E-state index contributed by atoms with van der Waals surface area (Å²) in [6.45, 7) is 2.03. The molecule has 0 aliphatic heterocycles. The number of carbonyl (C=O) groups excluding carboxylic acids is 1. The average Bonchev–Trinajstić information content (AvgIpc) is 2.87. The summed E-state index contributed by atoms with van der Waals surface area (Å²) in [5.41, 5.74) is 3.84. The van der Waals surface area contributed by atoms with Gasteiger partial charge in [-0.2, -0.15) is 5.10 Å². The summed E-state index contributed by atoms with van der Waals surface area (Å²) in [4.78, 5) is 17.3. The van der Waals surface area contributed by atoms with Crippen LogP contribution in [0.3, 0.4) is 0 Å². The third-order valence-corrected chi connectivity index (χ3v) is 4.02. The zero-order valence-corrected chi connectivity index (χ0v) is 12.0. The Kier molecular flexibility index (Phi) is 3.38. The van der Waals surface area contributed by atoms with Gasteiger partial charge in [-0.25, -0.2) is 0 Å². The number of Topliss-reactive ketones (excluding diaryl/α,β-unsaturated/α-hetero) is 1. The fourth-order valence-corrected chi connectivity index (χ4v) is 3.05. The number of nitrogens with zero attached hydrogens (tertiary/aromatic N) is 3. The molecule has 0 spiro atoms. The van der Waals surface area contributed by atoms with Gasteiger partial charge in [-0.05, 0) is 37.3 Å². The van der Waals surface area contributed by atoms with Crippen LogP contribution in [0, 0.1) is 0 Å². The SMILES string of the molecule is CCc1nn(C)cc1C(=O)C1CCCc2cccnc21. The third-order valence-electron chi connectivity index (χ3n) is 4.02. The van der Waals surface area contributed by atoms with E-state index in [9.17, 15) is 4.79 Å². The van der Waals surface area contributed by atoms with Crippen molar-refractivity contribution in [3.8, 4) is 0 Å². The number of ketones is 1. The maximum atomic E-state index is 12.9. The van der Waals surface area contributed by atoms with Crippen molar-refractivity contribution in [2.24, 2.45) is 7.05 Å². The van der Waals surface area contributed by atoms with Crippen molar-refractivity contribution in [1.82, 2.24) is 14.8 Å². The second-order valence-corrected chi connectivity index (χ2v) is 5.37. The molecular formula is C16H19N3O. The number of fused-ring (bicyclic) bond motifs is 1. The molecule has 4 heteroatoms. The summed E-state index contributed by atoms with van der Waals surface area (Å²) in [6, 6.07) is 4.04. The molecule has 104 valence electrons. The van der Waals surface area contributed by atoms with Crippen molar-refractivity contribution in [2.75, 3.05) is 0 Å². The second-order valence-electron chi connectivity index (χ2n) is 5.37. The van der Waals surface area contributed by atoms with Crippen LogP contribution in [0.5, 0.6) is 0 Å². The van der Waals surface area contributed by atoms with E-state index >= 15 is 0 Å². The minimum absolute atomic E-state index is 0.102. The first kappa shape index (κ1) is 13.0. The van der Waals surface area contributed by atoms with E-state index in [-0.39, 0.29) is 11.7 Å². The molecule has 20 heavy (non-hydrogen) atoms. The van der Waals surface area contributed by atoms with E-state index in [0.717, 1.165) is 42.6 Å². The van der Waals surface area contributed by atoms with Gasteiger partial charge in [-0.1, -0.05) is 13.0 Å². The lowest BCUT2D eigenvalue weighted by Gasteiger charge is -2.22. The first-order valence-corrected chi connectivity index (χ1v) is 7.21. The van der Waals surface area contributed by atoms with Crippen LogP contribution in [0.1, 0.15) is 53.0 Å². The van der Waals surface area contributed by atoms with Gasteiger partial charge in [0, 0.05) is 19.4 Å². The molecule has 0 radical (unpaired) electrons. The molecule has 2 aromatic heterocycles. The quantitative estimate of drug-likeness (QED) is 0.805. The van der Waals surface area contributed by atoms with Crippen LogP contribution in [-0.2, 0) is 19.9 Å². The van der Waals surface area contributed by atoms with Crippen LogP contribution in [0.15, 0.2) is 24.5 Å². The predicted octanol–water partition coefficient (Wildman–Crippen LogP) is 2.68. The van der Waals surface area contributed by atoms with Gasteiger partial charge in [0.05, 0.1) is 22.9 Å². The molecule has 1 aliphatic rings. The van der Waals surface area contributed by atoms with E-state index in [1.165, 1.54) is 5.56 Å². The lowest BCUT2D eigenvalue weighted by Crippen LogP contribution is -2.20. The highest BCUT2D eigenvalue weighted by molar-refractivity contribution is 6.01. The highest BCUT2D eigenvalue weighted by Crippen LogP contribution is 2.33. The van der Waals surface area contributed by atoms with E-state index in [4.69, 9.17) is 0 Å². The molecule has 1 unspecified atom stereocenters. The van der Waals surface area contributed by atoms with Crippen molar-refractivity contribution < 1.29 is 4.79 Å². The van der Waals surface area contributed by atoms with Crippen molar-refractivity contribution in [1.29, 1.82) is 0 Å². The normalized spacial score (nSPS) is 17.8. The van der Waals surface area contributed by atoms with Crippen LogP contribution < -0.4 is 0 Å². The summed E-state index contributed by atoms with van der Waals surface area (Å²) < 4.78 is 1.73. The molecule has 2 heterocycles. The number of rotatable bonds is 3. The molecule has 2 aromatic rings. The Morgan fingerprint density at radius 2 is 2.35 bits per heavy atom. The Hall–Kier alpha value is -1.97. The Morgan fingerprint density at radius 1 is 1.50 bits per heavy atom. The van der Waals surface area contributed by atoms with Crippen LogP contribution in [-0.4, -0.2) is 20.5 Å². The zero-order valence-electron chi connectivity index (χ0n) is 12.0. The predicted molar refractivity (Wildman–Crippen MR) is 76.8 cm³/mol. The molecular weight excluding hydrogens is 250 g/mol. The Balaban J connectivity index is 1.99. The first-order chi connectivity index (χ1) is 9.70. The maximum Gasteiger partial charge on any atom is 0.175 e. The summed E-state index contributed by atoms with van der Waals surface area (Å²) in [7, 11) is 1.86. The molecule has 0 N–H and O–H groups in total. The van der Waals surface area contributed by atoms with E-state index in [1.54, 1.807) is 10.9 Å². The Labute approximate surface area is 118 Å². The number of aryl methyl sites for hydroxylation is 3. The number of hydrogen-bond donors (Lipinski definition) is 0. The summed E-state index contributed by atoms with van der Waals surface area (Å²) in [5.74, 6) is 0.0732. The molecule has 1 aliphatic carbocycles. The summed E-state index contributed by atoms with van der Waals surface area (Å²) in [5, 5.41) is 4.38. The van der Waals surface area contributed by atoms with Gasteiger partial charge in [0.2, 0.25) is 0 Å². The number of aromatic nitrogens is 3. The van der Waals surface area contributed by atoms with Gasteiger partial charge < -0.3 is 0 Å². The van der Waals surface area contributed by atoms with Gasteiger partial charge in [-0.15, -0.1) is 0 Å². The molecule has 0 saturated carbocycles. The first-order valence-electron chi connectivity index (χ1n) is 7.21. The lowest BCUT2D eigenvalue weighted by atomic mass is 9.82. The summed E-state index contributed by atoms with van der Waals surface area (Å²) >= 11 is 0. The van der Waals surface area contributed by atoms with Gasteiger partial charge in [0.1, 0.15) is 0 Å². The largest absolute Gasteiger partial charge is 0.293 e. The minimum atomic E-state index is -0.102. The van der Waals surface area contributed by atoms with Crippen LogP contribution in [0.25, 0.3) is 0 Å². The topological polar surface area (TPSA) is 47.8 Å². The van der Waals surface area contributed by atoms with Gasteiger partial charge in [0.25, 0.3) is 0 Å². The highest BCUT2D eigenvalue weighted by atomic mass is 16.1. The molecule has 1 atom stereocenters. The molecule has 0 saturated heterocycles. The van der Waals surface area contributed by atoms with Crippen LogP contribution in [0.4, 0.5) is 0 Å². The fraction of sp³-hybridized carbons (Fsp3) is 0.438. The van der Waals surface area contributed by atoms with Crippen molar-refractivity contribution in [3.05, 3.63) is 47.0 Å². The molecule has 0 fully saturated rings. The van der Waals surface area contributed by atoms with Crippen molar-refractivity contribution >= 4 is 5.78 Å². The minimum Gasteiger partial charge on any atom is -0.293 e. The van der Waals surface area contributed by atoms with Crippen molar-refractivity contribution in [2.45, 2.75) is 38.5 Å². The van der Waals surface area contributed by atoms with Gasteiger partial charge in [0.15, 0.2) is 5.78 Å². The molecule has 0 aromatic carbocycles. The molecule has 0 bridgehead atoms. The number of pyridine rings is 1. The van der Waals surface area contributed by atoms with E-state index in [2.05, 4.69) is 16.1 Å². The highest BCUT2D eigenvalue weighted by Gasteiger charge is 2.30. The lowest BCUT2D eigenvalue weighted by molar-refractivity contribution is 0.0948. The fourth-order valence-electron chi connectivity index (χ4n) is 3.05. The maximum absolute atomic E-state index is 12.9. The molecule has 3 rings (SSSR count). The van der Waals surface area contributed by atoms with Gasteiger partial charge >= 0.3 is 0 Å². The average molecular weight is 269 g/mol. The van der Waals surface area contributed by atoms with Crippen molar-refractivity contribution in [3.63, 3.8) is 0 Å². The molecule has 4 nitrogen and oxygen atoms in total. The Morgan fingerprint density at radius 3 is 3.15 bits per heavy atom. The van der Waals surface area contributed by atoms with Gasteiger partial charge in [-0.3, -0.25) is 14.5 Å². The smallest absolute Gasteiger partial charge is 0.175 e. The number of carbonyl (C=O) groups is 1.